The number of fused-ring (bicyclic) bond motifs is 1. The van der Waals surface area contributed by atoms with Crippen molar-refractivity contribution in [3.8, 4) is 22.6 Å². The number of nitrogens with one attached hydrogen (secondary N) is 1. The highest BCUT2D eigenvalue weighted by molar-refractivity contribution is 6.26. The molecule has 0 aliphatic carbocycles. The minimum atomic E-state index is -2.00. The smallest absolute Gasteiger partial charge is 0.319 e. The van der Waals surface area contributed by atoms with E-state index in [0.717, 1.165) is 5.56 Å². The van der Waals surface area contributed by atoms with E-state index in [9.17, 15) is 5.11 Å². The summed E-state index contributed by atoms with van der Waals surface area (Å²) >= 11 is 5.87. The van der Waals surface area contributed by atoms with Gasteiger partial charge in [-0.2, -0.15) is 4.99 Å². The Morgan fingerprint density at radius 3 is 2.48 bits per heavy atom. The lowest BCUT2D eigenvalue weighted by Crippen LogP contribution is -2.38. The molecule has 1 aliphatic rings. The van der Waals surface area contributed by atoms with Crippen molar-refractivity contribution in [2.24, 2.45) is 10.7 Å². The molecular formula is C16H16ClN3O3. The van der Waals surface area contributed by atoms with Crippen molar-refractivity contribution < 1.29 is 14.6 Å². The minimum Gasteiger partial charge on any atom is -0.493 e. The molecule has 0 radical (unpaired) electrons. The average molecular weight is 334 g/mol. The van der Waals surface area contributed by atoms with Crippen LogP contribution in [-0.4, -0.2) is 30.5 Å². The molecule has 0 fully saturated rings. The van der Waals surface area contributed by atoms with Crippen LogP contribution in [0.1, 0.15) is 5.56 Å². The molecule has 0 saturated heterocycles. The Morgan fingerprint density at radius 1 is 1.17 bits per heavy atom. The Bertz CT molecular complexity index is 776. The van der Waals surface area contributed by atoms with E-state index in [4.69, 9.17) is 26.8 Å². The summed E-state index contributed by atoms with van der Waals surface area (Å²) in [5.41, 5.74) is 8.73. The van der Waals surface area contributed by atoms with Crippen molar-refractivity contribution in [3.63, 3.8) is 0 Å². The summed E-state index contributed by atoms with van der Waals surface area (Å²) < 4.78 is 10.9. The van der Waals surface area contributed by atoms with E-state index in [0.29, 0.717) is 28.3 Å². The van der Waals surface area contributed by atoms with Crippen LogP contribution in [0.2, 0.25) is 0 Å². The van der Waals surface area contributed by atoms with Crippen molar-refractivity contribution in [2.75, 3.05) is 19.5 Å². The van der Waals surface area contributed by atoms with Crippen LogP contribution in [0.15, 0.2) is 41.4 Å². The number of nitrogens with zero attached hydrogens (tertiary/aromatic N) is 1. The zero-order valence-corrected chi connectivity index (χ0v) is 13.4. The van der Waals surface area contributed by atoms with Gasteiger partial charge in [-0.25, -0.2) is 0 Å². The number of amidine groups is 1. The summed E-state index contributed by atoms with van der Waals surface area (Å²) in [5.74, 6) is 1.12. The molecule has 0 amide bonds. The average Bonchev–Trinajstić information content (AvgIpc) is 2.52. The molecule has 0 spiro atoms. The predicted molar refractivity (Wildman–Crippen MR) is 90.1 cm³/mol. The zero-order chi connectivity index (χ0) is 16.6. The number of ether oxygens (including phenoxy) is 2. The van der Waals surface area contributed by atoms with Crippen LogP contribution < -0.4 is 20.5 Å². The number of halogens is 1. The maximum atomic E-state index is 9.96. The van der Waals surface area contributed by atoms with Crippen LogP contribution >= 0.6 is 11.6 Å². The molecular weight excluding hydrogens is 318 g/mol. The molecule has 0 bridgehead atoms. The summed E-state index contributed by atoms with van der Waals surface area (Å²) in [6.45, 7) is 0. The van der Waals surface area contributed by atoms with E-state index in [-0.39, 0.29) is 5.84 Å². The van der Waals surface area contributed by atoms with Crippen LogP contribution in [-0.2, 0) is 0 Å². The maximum absolute atomic E-state index is 9.96. The molecule has 3 rings (SSSR count). The number of rotatable bonds is 3. The molecule has 4 N–H and O–H groups in total. The zero-order valence-electron chi connectivity index (χ0n) is 12.6. The van der Waals surface area contributed by atoms with Gasteiger partial charge in [-0.3, -0.25) is 0 Å². The van der Waals surface area contributed by atoms with E-state index in [2.05, 4.69) is 10.3 Å². The van der Waals surface area contributed by atoms with Crippen LogP contribution in [0.25, 0.3) is 11.1 Å². The number of anilines is 1. The highest BCUT2D eigenvalue weighted by Crippen LogP contribution is 2.46. The molecule has 1 unspecified atom stereocenters. The first kappa shape index (κ1) is 15.5. The van der Waals surface area contributed by atoms with E-state index < -0.39 is 5.31 Å². The first-order chi connectivity index (χ1) is 11.0. The van der Waals surface area contributed by atoms with Crippen LogP contribution in [0.5, 0.6) is 11.5 Å². The highest BCUT2D eigenvalue weighted by atomic mass is 35.5. The van der Waals surface area contributed by atoms with E-state index in [1.54, 1.807) is 13.2 Å². The standard InChI is InChI=1S/C16H16ClN3O3/c1-22-11-8-10-13(15(18)20-16(17,21)19-10)12(14(11)23-2)9-6-4-3-5-7-9/h3-8,19,21H,1-2H3,(H2,18,20). The Labute approximate surface area is 138 Å². The summed E-state index contributed by atoms with van der Waals surface area (Å²) in [5, 5.41) is 10.7. The lowest BCUT2D eigenvalue weighted by atomic mass is 9.94. The summed E-state index contributed by atoms with van der Waals surface area (Å²) in [6, 6.07) is 11.2. The van der Waals surface area contributed by atoms with Gasteiger partial charge in [-0.05, 0) is 17.2 Å². The van der Waals surface area contributed by atoms with E-state index >= 15 is 0 Å². The number of benzene rings is 2. The van der Waals surface area contributed by atoms with Gasteiger partial charge in [-0.15, -0.1) is 0 Å². The third-order valence-electron chi connectivity index (χ3n) is 3.55. The van der Waals surface area contributed by atoms with Crippen molar-refractivity contribution in [1.82, 2.24) is 0 Å². The van der Waals surface area contributed by atoms with Gasteiger partial charge in [-0.1, -0.05) is 30.3 Å². The topological polar surface area (TPSA) is 89.1 Å². The fourth-order valence-electron chi connectivity index (χ4n) is 2.65. The van der Waals surface area contributed by atoms with Gasteiger partial charge in [0.2, 0.25) is 0 Å². The number of hydrogen-bond donors (Lipinski definition) is 3. The minimum absolute atomic E-state index is 0.107. The molecule has 2 aromatic rings. The van der Waals surface area contributed by atoms with Crippen LogP contribution in [0.4, 0.5) is 5.69 Å². The molecule has 6 nitrogen and oxygen atoms in total. The first-order valence-corrected chi connectivity index (χ1v) is 7.24. The second-order valence-corrected chi connectivity index (χ2v) is 5.51. The molecule has 1 heterocycles. The molecule has 0 saturated carbocycles. The SMILES string of the molecule is COc1cc2c(c(-c3ccccc3)c1OC)C(N)=NC(O)(Cl)N2. The van der Waals surface area contributed by atoms with Crippen molar-refractivity contribution in [1.29, 1.82) is 0 Å². The third-order valence-corrected chi connectivity index (χ3v) is 3.73. The molecule has 0 aromatic heterocycles. The van der Waals surface area contributed by atoms with Crippen LogP contribution in [0, 0.1) is 0 Å². The lowest BCUT2D eigenvalue weighted by molar-refractivity contribution is 0.168. The van der Waals surface area contributed by atoms with E-state index in [1.165, 1.54) is 7.11 Å². The van der Waals surface area contributed by atoms with Gasteiger partial charge in [0.05, 0.1) is 25.5 Å². The molecule has 7 heteroatoms. The monoisotopic (exact) mass is 333 g/mol. The summed E-state index contributed by atoms with van der Waals surface area (Å²) in [6.07, 6.45) is 0. The molecule has 1 atom stereocenters. The molecule has 23 heavy (non-hydrogen) atoms. The predicted octanol–water partition coefficient (Wildman–Crippen LogP) is 2.34. The fourth-order valence-corrected chi connectivity index (χ4v) is 2.85. The van der Waals surface area contributed by atoms with E-state index in [1.807, 2.05) is 30.3 Å². The number of aliphatic hydroxyl groups is 1. The number of methoxy groups -OCH3 is 2. The quantitative estimate of drug-likeness (QED) is 0.592. The van der Waals surface area contributed by atoms with Crippen molar-refractivity contribution in [2.45, 2.75) is 5.31 Å². The Kier molecular flexibility index (Phi) is 3.79. The van der Waals surface area contributed by atoms with Gasteiger partial charge in [0.15, 0.2) is 11.5 Å². The summed E-state index contributed by atoms with van der Waals surface area (Å²) in [7, 11) is 3.09. The Balaban J connectivity index is 2.37. The normalized spacial score (nSPS) is 19.4. The summed E-state index contributed by atoms with van der Waals surface area (Å²) in [4.78, 5) is 3.88. The first-order valence-electron chi connectivity index (χ1n) is 6.86. The van der Waals surface area contributed by atoms with Crippen LogP contribution in [0.3, 0.4) is 0 Å². The highest BCUT2D eigenvalue weighted by Gasteiger charge is 2.33. The lowest BCUT2D eigenvalue weighted by Gasteiger charge is -2.29. The largest absolute Gasteiger partial charge is 0.493 e. The van der Waals surface area contributed by atoms with Gasteiger partial charge in [0.25, 0.3) is 0 Å². The second-order valence-electron chi connectivity index (χ2n) is 4.98. The Morgan fingerprint density at radius 2 is 1.87 bits per heavy atom. The fraction of sp³-hybridized carbons (Fsp3) is 0.188. The van der Waals surface area contributed by atoms with Gasteiger partial charge in [0, 0.05) is 11.6 Å². The van der Waals surface area contributed by atoms with Gasteiger partial charge in [0.1, 0.15) is 5.84 Å². The second kappa shape index (κ2) is 5.64. The third kappa shape index (κ3) is 2.67. The molecule has 1 aliphatic heterocycles. The van der Waals surface area contributed by atoms with Crippen molar-refractivity contribution in [3.05, 3.63) is 42.0 Å². The molecule has 120 valence electrons. The van der Waals surface area contributed by atoms with Gasteiger partial charge >= 0.3 is 5.31 Å². The number of alkyl halides is 1. The van der Waals surface area contributed by atoms with Crippen molar-refractivity contribution >= 4 is 23.1 Å². The number of aliphatic imine (C=N–C) groups is 1. The maximum Gasteiger partial charge on any atom is 0.319 e. The Hall–Kier alpha value is -2.44. The molecule has 2 aromatic carbocycles. The number of hydrogen-bond acceptors (Lipinski definition) is 6. The van der Waals surface area contributed by atoms with Gasteiger partial charge < -0.3 is 25.6 Å². The number of nitrogens with two attached hydrogens (primary N) is 1.